The van der Waals surface area contributed by atoms with Crippen molar-refractivity contribution < 1.29 is 9.30 Å². The van der Waals surface area contributed by atoms with Gasteiger partial charge in [0, 0.05) is 36.3 Å². The normalized spacial score (nSPS) is 17.5. The first kappa shape index (κ1) is 23.3. The van der Waals surface area contributed by atoms with Crippen molar-refractivity contribution in [3.05, 3.63) is 53.2 Å². The molecule has 0 aliphatic carbocycles. The van der Waals surface area contributed by atoms with Gasteiger partial charge >= 0.3 is 0 Å². The van der Waals surface area contributed by atoms with Crippen LogP contribution >= 0.6 is 7.14 Å². The average Bonchev–Trinajstić information content (AvgIpc) is 3.01. The largest absolute Gasteiger partial charge is 0.493 e. The van der Waals surface area contributed by atoms with E-state index in [0.717, 1.165) is 37.4 Å². The van der Waals surface area contributed by atoms with Gasteiger partial charge in [-0.2, -0.15) is 10.2 Å². The van der Waals surface area contributed by atoms with Crippen LogP contribution in [0, 0.1) is 11.3 Å². The average molecular weight is 490 g/mol. The number of benzene rings is 1. The van der Waals surface area contributed by atoms with Crippen molar-refractivity contribution in [1.82, 2.24) is 19.9 Å². The third kappa shape index (κ3) is 5.00. The van der Waals surface area contributed by atoms with Gasteiger partial charge in [0.05, 0.1) is 12.8 Å². The minimum Gasteiger partial charge on any atom is -0.493 e. The van der Waals surface area contributed by atoms with Crippen LogP contribution in [-0.4, -0.2) is 53.4 Å². The Balaban J connectivity index is 1.45. The Bertz CT molecular complexity index is 1360. The molecule has 35 heavy (non-hydrogen) atoms. The summed E-state index contributed by atoms with van der Waals surface area (Å²) in [4.78, 5) is 15.7. The van der Waals surface area contributed by atoms with E-state index in [-0.39, 0.29) is 5.56 Å². The summed E-state index contributed by atoms with van der Waals surface area (Å²) in [7, 11) is -0.378. The second-order valence-electron chi connectivity index (χ2n) is 9.48. The smallest absolute Gasteiger partial charge is 0.229 e. The molecule has 0 spiro atoms. The second-order valence-corrected chi connectivity index (χ2v) is 12.6. The minimum absolute atomic E-state index is 0.281. The van der Waals surface area contributed by atoms with Crippen molar-refractivity contribution in [3.8, 4) is 11.8 Å². The summed E-state index contributed by atoms with van der Waals surface area (Å²) in [5, 5.41) is 15.9. The quantitative estimate of drug-likeness (QED) is 0.509. The molecule has 180 valence electrons. The molecule has 4 heterocycles. The maximum Gasteiger partial charge on any atom is 0.229 e. The van der Waals surface area contributed by atoms with Gasteiger partial charge in [-0.1, -0.05) is 6.07 Å². The van der Waals surface area contributed by atoms with Crippen LogP contribution in [-0.2, 0) is 11.1 Å². The first-order valence-corrected chi connectivity index (χ1v) is 14.2. The van der Waals surface area contributed by atoms with Crippen LogP contribution in [0.5, 0.6) is 5.75 Å². The number of nitrogens with one attached hydrogen (secondary N) is 2. The number of pyridine rings is 1. The highest BCUT2D eigenvalue weighted by atomic mass is 31.2. The number of hydrogen-bond acceptors (Lipinski definition) is 9. The minimum atomic E-state index is -2.53. The molecule has 0 amide bonds. The fourth-order valence-electron chi connectivity index (χ4n) is 4.70. The molecule has 10 heteroatoms. The van der Waals surface area contributed by atoms with Crippen molar-refractivity contribution in [2.75, 3.05) is 44.2 Å². The zero-order valence-corrected chi connectivity index (χ0v) is 21.0. The van der Waals surface area contributed by atoms with Crippen molar-refractivity contribution in [2.24, 2.45) is 0 Å². The Labute approximate surface area is 204 Å². The molecule has 0 fully saturated rings. The third-order valence-corrected chi connectivity index (χ3v) is 7.61. The van der Waals surface area contributed by atoms with Crippen LogP contribution in [0.3, 0.4) is 0 Å². The number of likely N-dealkylation sites (N-methyl/N-ethyl adjacent to an activating group) is 1. The van der Waals surface area contributed by atoms with Gasteiger partial charge < -0.3 is 24.8 Å². The van der Waals surface area contributed by atoms with Gasteiger partial charge in [-0.05, 0) is 57.0 Å². The molecule has 0 saturated carbocycles. The van der Waals surface area contributed by atoms with Crippen LogP contribution < -0.4 is 20.8 Å². The number of hydrogen-bond donors (Lipinski definition) is 2. The fraction of sp³-hybridized carbons (Fsp3) is 0.360. The summed E-state index contributed by atoms with van der Waals surface area (Å²) < 4.78 is 18.5. The molecule has 0 radical (unpaired) electrons. The van der Waals surface area contributed by atoms with Gasteiger partial charge in [-0.25, -0.2) is 9.97 Å². The predicted molar refractivity (Wildman–Crippen MR) is 137 cm³/mol. The van der Waals surface area contributed by atoms with Crippen molar-refractivity contribution >= 4 is 35.8 Å². The summed E-state index contributed by atoms with van der Waals surface area (Å²) in [6.45, 7) is 5.96. The number of nitrogens with zero attached hydrogens (tertiary/aromatic N) is 5. The molecular weight excluding hydrogens is 461 g/mol. The van der Waals surface area contributed by atoms with E-state index in [1.165, 1.54) is 17.3 Å². The van der Waals surface area contributed by atoms with Gasteiger partial charge in [-0.3, -0.25) is 0 Å². The zero-order chi connectivity index (χ0) is 24.6. The monoisotopic (exact) mass is 489 g/mol. The standard InChI is InChI=1S/C25H28N7O2P/c1-32-14-16-6-5-9-34-20-11-19(10-17(15-32)23(16)20)28-25-27-13-18(12-26)24(31-25)30-21-7-4-8-22(29-21)35(2,3)33/h4,7-8,10-11,13,16H,5-6,9,14-15H2,1-3H3,(H2,27,28,29,30,31). The lowest BCUT2D eigenvalue weighted by atomic mass is 9.86. The lowest BCUT2D eigenvalue weighted by Crippen LogP contribution is -2.30. The highest BCUT2D eigenvalue weighted by Crippen LogP contribution is 2.42. The van der Waals surface area contributed by atoms with Gasteiger partial charge in [0.15, 0.2) is 5.82 Å². The van der Waals surface area contributed by atoms with E-state index in [2.05, 4.69) is 49.7 Å². The Morgan fingerprint density at radius 1 is 1.23 bits per heavy atom. The summed E-state index contributed by atoms with van der Waals surface area (Å²) in [6, 6.07) is 11.5. The second kappa shape index (κ2) is 9.29. The Kier molecular flexibility index (Phi) is 6.18. The lowest BCUT2D eigenvalue weighted by molar-refractivity contribution is 0.275. The Hall–Kier alpha value is -3.47. The van der Waals surface area contributed by atoms with Crippen LogP contribution in [0.25, 0.3) is 0 Å². The molecule has 9 nitrogen and oxygen atoms in total. The van der Waals surface area contributed by atoms with Crippen LogP contribution in [0.15, 0.2) is 36.5 Å². The first-order chi connectivity index (χ1) is 16.8. The van der Waals surface area contributed by atoms with E-state index in [4.69, 9.17) is 4.74 Å². The molecule has 1 unspecified atom stereocenters. The molecule has 0 saturated heterocycles. The van der Waals surface area contributed by atoms with E-state index in [9.17, 15) is 9.83 Å². The van der Waals surface area contributed by atoms with Crippen LogP contribution in [0.2, 0.25) is 0 Å². The summed E-state index contributed by atoms with van der Waals surface area (Å²) in [5.41, 5.74) is 4.20. The maximum absolute atomic E-state index is 12.4. The van der Waals surface area contributed by atoms with E-state index in [1.807, 2.05) is 6.07 Å². The van der Waals surface area contributed by atoms with E-state index < -0.39 is 7.14 Å². The van der Waals surface area contributed by atoms with Crippen LogP contribution in [0.1, 0.15) is 35.4 Å². The summed E-state index contributed by atoms with van der Waals surface area (Å²) in [5.74, 6) is 2.55. The number of nitriles is 1. The van der Waals surface area contributed by atoms with Crippen LogP contribution in [0.4, 0.5) is 23.3 Å². The fourth-order valence-corrected chi connectivity index (χ4v) is 5.50. The molecule has 2 N–H and O–H groups in total. The zero-order valence-electron chi connectivity index (χ0n) is 20.1. The molecule has 2 aliphatic rings. The predicted octanol–water partition coefficient (Wildman–Crippen LogP) is 4.18. The molecular formula is C25H28N7O2P. The number of rotatable bonds is 5. The SMILES string of the molecule is CN1Cc2cc(Nc3ncc(C#N)c(Nc4cccc(P(C)(C)=O)n4)n3)cc3c2C(CCCO3)C1. The van der Waals surface area contributed by atoms with Gasteiger partial charge in [0.25, 0.3) is 0 Å². The first-order valence-electron chi connectivity index (χ1n) is 11.6. The molecule has 0 bridgehead atoms. The molecule has 2 aromatic heterocycles. The topological polar surface area (TPSA) is 116 Å². The number of aromatic nitrogens is 3. The van der Waals surface area contributed by atoms with E-state index in [1.54, 1.807) is 31.5 Å². The van der Waals surface area contributed by atoms with Gasteiger partial charge in [-0.15, -0.1) is 0 Å². The highest BCUT2D eigenvalue weighted by molar-refractivity contribution is 7.69. The van der Waals surface area contributed by atoms with E-state index >= 15 is 0 Å². The highest BCUT2D eigenvalue weighted by Gasteiger charge is 2.29. The molecule has 3 aromatic rings. The molecule has 1 atom stereocenters. The van der Waals surface area contributed by atoms with Gasteiger partial charge in [0.1, 0.15) is 35.8 Å². The third-order valence-electron chi connectivity index (χ3n) is 6.26. The Morgan fingerprint density at radius 3 is 2.89 bits per heavy atom. The van der Waals surface area contributed by atoms with Crippen molar-refractivity contribution in [2.45, 2.75) is 25.3 Å². The lowest BCUT2D eigenvalue weighted by Gasteiger charge is -2.32. The summed E-state index contributed by atoms with van der Waals surface area (Å²) in [6.07, 6.45) is 3.65. The molecule has 5 rings (SSSR count). The number of anilines is 4. The Morgan fingerprint density at radius 2 is 2.09 bits per heavy atom. The summed E-state index contributed by atoms with van der Waals surface area (Å²) >= 11 is 0. The van der Waals surface area contributed by atoms with Crippen molar-refractivity contribution in [1.29, 1.82) is 5.26 Å². The van der Waals surface area contributed by atoms with E-state index in [0.29, 0.717) is 35.5 Å². The molecule has 1 aromatic carbocycles. The molecule has 2 aliphatic heterocycles. The number of ether oxygens (including phenoxy) is 1. The maximum atomic E-state index is 12.4. The van der Waals surface area contributed by atoms with Crippen molar-refractivity contribution in [3.63, 3.8) is 0 Å². The van der Waals surface area contributed by atoms with Gasteiger partial charge in [0.2, 0.25) is 5.95 Å².